The molecule has 0 spiro atoms. The Balaban J connectivity index is 5.27. The summed E-state index contributed by atoms with van der Waals surface area (Å²) < 4.78 is 123. The summed E-state index contributed by atoms with van der Waals surface area (Å²) in [5.41, 5.74) is 0. The van der Waals surface area contributed by atoms with Crippen molar-refractivity contribution in [3.05, 3.63) is 0 Å². The molecule has 0 fully saturated rings. The van der Waals surface area contributed by atoms with Gasteiger partial charge in [0.15, 0.2) is 8.32 Å². The Bertz CT molecular complexity index is 398. The van der Waals surface area contributed by atoms with E-state index in [1.807, 2.05) is 0 Å². The third-order valence-corrected chi connectivity index (χ3v) is 12.6. The van der Waals surface area contributed by atoms with E-state index in [1.165, 1.54) is 0 Å². The predicted molar refractivity (Wildman–Crippen MR) is 86.3 cm³/mol. The maximum Gasteiger partial charge on any atom is 0.389 e. The van der Waals surface area contributed by atoms with Crippen LogP contribution in [0, 0.1) is 0 Å². The molecule has 0 aromatic rings. The Kier molecular flexibility index (Phi) is 9.41. The molecule has 0 heterocycles. The SMILES string of the molecule is C[Si](C)(C)O[Si](CCC(F)(F)F)(CCC(F)(F)F)O[SiH2]CCC(F)(F)F. The lowest BCUT2D eigenvalue weighted by molar-refractivity contribution is -0.133. The second kappa shape index (κ2) is 9.43. The lowest BCUT2D eigenvalue weighted by Crippen LogP contribution is -2.51. The highest BCUT2D eigenvalue weighted by Crippen LogP contribution is 2.35. The van der Waals surface area contributed by atoms with Gasteiger partial charge in [-0.25, -0.2) is 0 Å². The van der Waals surface area contributed by atoms with Crippen molar-refractivity contribution in [1.29, 1.82) is 0 Å². The van der Waals surface area contributed by atoms with E-state index in [1.54, 1.807) is 19.6 Å². The molecular formula is C12H23F9O2Si3. The summed E-state index contributed by atoms with van der Waals surface area (Å²) in [5, 5.41) is 0. The van der Waals surface area contributed by atoms with Crippen LogP contribution in [0.4, 0.5) is 39.5 Å². The van der Waals surface area contributed by atoms with Gasteiger partial charge in [-0.3, -0.25) is 0 Å². The molecule has 0 N–H and O–H groups in total. The zero-order chi connectivity index (χ0) is 20.9. The Labute approximate surface area is 150 Å². The summed E-state index contributed by atoms with van der Waals surface area (Å²) in [4.78, 5) is 0. The normalized spacial score (nSPS) is 15.2. The molecule has 0 aromatic heterocycles. The van der Waals surface area contributed by atoms with Gasteiger partial charge in [-0.1, -0.05) is 0 Å². The molecule has 26 heavy (non-hydrogen) atoms. The summed E-state index contributed by atoms with van der Waals surface area (Å²) in [6.07, 6.45) is -17.6. The molecule has 0 unspecified atom stereocenters. The van der Waals surface area contributed by atoms with Gasteiger partial charge in [-0.05, 0) is 37.8 Å². The van der Waals surface area contributed by atoms with Crippen molar-refractivity contribution >= 4 is 26.6 Å². The monoisotopic (exact) mass is 454 g/mol. The first-order valence-electron chi connectivity index (χ1n) is 7.87. The van der Waals surface area contributed by atoms with Gasteiger partial charge in [0.25, 0.3) is 0 Å². The van der Waals surface area contributed by atoms with Gasteiger partial charge in [0.1, 0.15) is 9.76 Å². The van der Waals surface area contributed by atoms with Crippen molar-refractivity contribution in [1.82, 2.24) is 0 Å². The van der Waals surface area contributed by atoms with Crippen LogP contribution in [-0.2, 0) is 8.23 Å². The Morgan fingerprint density at radius 3 is 1.38 bits per heavy atom. The van der Waals surface area contributed by atoms with Gasteiger partial charge in [0.05, 0.1) is 0 Å². The summed E-state index contributed by atoms with van der Waals surface area (Å²) in [7, 11) is -8.48. The molecule has 0 saturated heterocycles. The average Bonchev–Trinajstić information content (AvgIpc) is 2.34. The lowest BCUT2D eigenvalue weighted by Gasteiger charge is -2.37. The van der Waals surface area contributed by atoms with Crippen LogP contribution in [0.3, 0.4) is 0 Å². The maximum absolute atomic E-state index is 12.6. The summed E-state index contributed by atoms with van der Waals surface area (Å²) in [6, 6.07) is -1.89. The van der Waals surface area contributed by atoms with Crippen LogP contribution < -0.4 is 0 Å². The first-order chi connectivity index (χ1) is 11.3. The maximum atomic E-state index is 12.6. The van der Waals surface area contributed by atoms with Gasteiger partial charge < -0.3 is 8.23 Å². The van der Waals surface area contributed by atoms with Crippen LogP contribution in [0.5, 0.6) is 0 Å². The zero-order valence-corrected chi connectivity index (χ0v) is 18.1. The van der Waals surface area contributed by atoms with Crippen molar-refractivity contribution in [2.24, 2.45) is 0 Å². The highest BCUT2D eigenvalue weighted by Gasteiger charge is 2.46. The van der Waals surface area contributed by atoms with Crippen molar-refractivity contribution in [2.75, 3.05) is 0 Å². The minimum absolute atomic E-state index is 0.411. The molecule has 158 valence electrons. The second-order valence-corrected chi connectivity index (χ2v) is 17.1. The van der Waals surface area contributed by atoms with Crippen LogP contribution in [-0.4, -0.2) is 45.2 Å². The van der Waals surface area contributed by atoms with E-state index in [0.717, 1.165) is 0 Å². The van der Waals surface area contributed by atoms with Crippen molar-refractivity contribution < 1.29 is 47.7 Å². The number of halogens is 9. The van der Waals surface area contributed by atoms with Crippen molar-refractivity contribution in [3.63, 3.8) is 0 Å². The molecule has 0 atom stereocenters. The Morgan fingerprint density at radius 2 is 1.08 bits per heavy atom. The van der Waals surface area contributed by atoms with Gasteiger partial charge in [0.2, 0.25) is 0 Å². The van der Waals surface area contributed by atoms with Crippen LogP contribution in [0.2, 0.25) is 37.8 Å². The Hall–Kier alpha value is -0.0594. The number of alkyl halides is 9. The van der Waals surface area contributed by atoms with Gasteiger partial charge >= 0.3 is 27.1 Å². The summed E-state index contributed by atoms with van der Waals surface area (Å²) >= 11 is 0. The quantitative estimate of drug-likeness (QED) is 0.241. The standard InChI is InChI=1S/C12H23F9O2Si3/c1-25(2,3)23-26(8-5-11(16,17)18,9-6-12(19,20)21)22-24-7-4-10(13,14)15/h4-9,24H2,1-3H3. The fourth-order valence-corrected chi connectivity index (χ4v) is 13.5. The van der Waals surface area contributed by atoms with Crippen molar-refractivity contribution in [2.45, 2.75) is 75.6 Å². The first kappa shape index (κ1) is 25.9. The minimum Gasteiger partial charge on any atom is -0.442 e. The van der Waals surface area contributed by atoms with Crippen LogP contribution in [0.25, 0.3) is 0 Å². The average molecular weight is 455 g/mol. The molecule has 0 amide bonds. The van der Waals surface area contributed by atoms with E-state index in [-0.39, 0.29) is 0 Å². The molecule has 0 saturated carbocycles. The molecular weight excluding hydrogens is 431 g/mol. The molecule has 2 nitrogen and oxygen atoms in total. The van der Waals surface area contributed by atoms with Gasteiger partial charge in [-0.15, -0.1) is 0 Å². The minimum atomic E-state index is -4.61. The van der Waals surface area contributed by atoms with E-state index in [0.29, 0.717) is 0 Å². The van der Waals surface area contributed by atoms with E-state index < -0.39 is 82.6 Å². The molecule has 14 heteroatoms. The summed E-state index contributed by atoms with van der Waals surface area (Å²) in [5.74, 6) is 0. The van der Waals surface area contributed by atoms with Crippen LogP contribution in [0.1, 0.15) is 19.3 Å². The largest absolute Gasteiger partial charge is 0.442 e. The predicted octanol–water partition coefficient (Wildman–Crippen LogP) is 5.66. The Morgan fingerprint density at radius 1 is 0.692 bits per heavy atom. The molecule has 0 aliphatic heterocycles. The van der Waals surface area contributed by atoms with E-state index in [2.05, 4.69) is 0 Å². The van der Waals surface area contributed by atoms with Crippen LogP contribution in [0.15, 0.2) is 0 Å². The molecule has 0 rings (SSSR count). The molecule has 0 bridgehead atoms. The molecule has 0 aliphatic carbocycles. The third kappa shape index (κ3) is 15.0. The van der Waals surface area contributed by atoms with Gasteiger partial charge in [0, 0.05) is 19.3 Å². The van der Waals surface area contributed by atoms with Crippen molar-refractivity contribution in [3.8, 4) is 0 Å². The number of rotatable bonds is 10. The highest BCUT2D eigenvalue weighted by molar-refractivity contribution is 6.84. The molecule has 0 aromatic carbocycles. The third-order valence-electron chi connectivity index (χ3n) is 3.04. The first-order valence-corrected chi connectivity index (χ1v) is 15.1. The highest BCUT2D eigenvalue weighted by atomic mass is 28.5. The lowest BCUT2D eigenvalue weighted by atomic mass is 10.5. The fourth-order valence-electron chi connectivity index (χ4n) is 2.15. The van der Waals surface area contributed by atoms with E-state index in [9.17, 15) is 39.5 Å². The second-order valence-electron chi connectivity index (χ2n) is 6.92. The molecule has 0 radical (unpaired) electrons. The number of hydrogen-bond acceptors (Lipinski definition) is 2. The fraction of sp³-hybridized carbons (Fsp3) is 1.00. The molecule has 0 aliphatic rings. The van der Waals surface area contributed by atoms with Gasteiger partial charge in [-0.2, -0.15) is 39.5 Å². The van der Waals surface area contributed by atoms with E-state index in [4.69, 9.17) is 8.23 Å². The smallest absolute Gasteiger partial charge is 0.389 e. The van der Waals surface area contributed by atoms with Crippen LogP contribution >= 0.6 is 0 Å². The topological polar surface area (TPSA) is 18.5 Å². The zero-order valence-electron chi connectivity index (χ0n) is 14.7. The summed E-state index contributed by atoms with van der Waals surface area (Å²) in [6.45, 7) is 4.78. The van der Waals surface area contributed by atoms with E-state index >= 15 is 0 Å². The number of hydrogen-bond donors (Lipinski definition) is 0.